The van der Waals surface area contributed by atoms with E-state index in [1.54, 1.807) is 0 Å². The third-order valence-electron chi connectivity index (χ3n) is 5.23. The largest absolute Gasteiger partial charge is 0.337 e. The van der Waals surface area contributed by atoms with Crippen molar-refractivity contribution in [3.05, 3.63) is 65.5 Å². The SMILES string of the molecule is CC1(CN)CCN(C(=O)c2sc(-c3ccccc3)nc2-c2ccccc2)C1. The van der Waals surface area contributed by atoms with E-state index >= 15 is 0 Å². The fraction of sp³-hybridized carbons (Fsp3) is 0.273. The fourth-order valence-electron chi connectivity index (χ4n) is 3.47. The number of nitrogens with two attached hydrogens (primary N) is 1. The zero-order valence-electron chi connectivity index (χ0n) is 15.4. The molecule has 2 heterocycles. The number of carbonyl (C=O) groups is 1. The minimum absolute atomic E-state index is 0.00944. The third-order valence-corrected chi connectivity index (χ3v) is 6.32. The molecule has 0 radical (unpaired) electrons. The van der Waals surface area contributed by atoms with Crippen LogP contribution in [0.2, 0.25) is 0 Å². The average Bonchev–Trinajstić information content (AvgIpc) is 3.34. The molecule has 1 aliphatic rings. The Kier molecular flexibility index (Phi) is 4.81. The van der Waals surface area contributed by atoms with Gasteiger partial charge in [-0.3, -0.25) is 4.79 Å². The maximum atomic E-state index is 13.3. The van der Waals surface area contributed by atoms with E-state index in [2.05, 4.69) is 6.92 Å². The molecule has 5 heteroatoms. The van der Waals surface area contributed by atoms with Crippen molar-refractivity contribution in [3.8, 4) is 21.8 Å². The van der Waals surface area contributed by atoms with Gasteiger partial charge in [0.2, 0.25) is 0 Å². The fourth-order valence-corrected chi connectivity index (χ4v) is 4.53. The summed E-state index contributed by atoms with van der Waals surface area (Å²) < 4.78 is 0. The number of nitrogens with zero attached hydrogens (tertiary/aromatic N) is 2. The lowest BCUT2D eigenvalue weighted by molar-refractivity contribution is 0.0782. The van der Waals surface area contributed by atoms with E-state index in [-0.39, 0.29) is 11.3 Å². The number of hydrogen-bond donors (Lipinski definition) is 1. The summed E-state index contributed by atoms with van der Waals surface area (Å²) in [4.78, 5) is 20.8. The molecule has 4 nitrogen and oxygen atoms in total. The number of likely N-dealkylation sites (tertiary alicyclic amines) is 1. The molecule has 1 amide bonds. The number of hydrogen-bond acceptors (Lipinski definition) is 4. The van der Waals surface area contributed by atoms with E-state index in [1.165, 1.54) is 11.3 Å². The molecule has 1 unspecified atom stereocenters. The molecule has 1 aromatic heterocycles. The molecule has 1 aliphatic heterocycles. The molecule has 0 saturated carbocycles. The molecule has 3 aromatic rings. The van der Waals surface area contributed by atoms with Crippen molar-refractivity contribution in [1.29, 1.82) is 0 Å². The van der Waals surface area contributed by atoms with E-state index in [0.717, 1.165) is 34.8 Å². The van der Waals surface area contributed by atoms with Gasteiger partial charge in [0.25, 0.3) is 5.91 Å². The quantitative estimate of drug-likeness (QED) is 0.738. The Morgan fingerprint density at radius 2 is 1.74 bits per heavy atom. The number of carbonyl (C=O) groups excluding carboxylic acids is 1. The smallest absolute Gasteiger partial charge is 0.266 e. The summed E-state index contributed by atoms with van der Waals surface area (Å²) in [5.74, 6) is 0.0608. The Morgan fingerprint density at radius 3 is 2.33 bits per heavy atom. The summed E-state index contributed by atoms with van der Waals surface area (Å²) in [7, 11) is 0. The minimum Gasteiger partial charge on any atom is -0.337 e. The van der Waals surface area contributed by atoms with Gasteiger partial charge in [-0.15, -0.1) is 11.3 Å². The highest BCUT2D eigenvalue weighted by Crippen LogP contribution is 2.37. The van der Waals surface area contributed by atoms with Gasteiger partial charge >= 0.3 is 0 Å². The second kappa shape index (κ2) is 7.25. The first-order valence-corrected chi connectivity index (χ1v) is 10.0. The van der Waals surface area contributed by atoms with Gasteiger partial charge in [-0.05, 0) is 18.4 Å². The highest BCUT2D eigenvalue weighted by atomic mass is 32.1. The summed E-state index contributed by atoms with van der Waals surface area (Å²) in [6.45, 7) is 4.20. The molecule has 0 bridgehead atoms. The van der Waals surface area contributed by atoms with Crippen LogP contribution in [0.25, 0.3) is 21.8 Å². The van der Waals surface area contributed by atoms with Crippen molar-refractivity contribution >= 4 is 17.2 Å². The maximum Gasteiger partial charge on any atom is 0.266 e. The van der Waals surface area contributed by atoms with Gasteiger partial charge in [-0.2, -0.15) is 0 Å². The zero-order valence-corrected chi connectivity index (χ0v) is 16.2. The number of aromatic nitrogens is 1. The predicted molar refractivity (Wildman–Crippen MR) is 111 cm³/mol. The van der Waals surface area contributed by atoms with Crippen LogP contribution in [-0.2, 0) is 0 Å². The highest BCUT2D eigenvalue weighted by molar-refractivity contribution is 7.17. The van der Waals surface area contributed by atoms with Crippen molar-refractivity contribution in [2.75, 3.05) is 19.6 Å². The van der Waals surface area contributed by atoms with Crippen LogP contribution in [0, 0.1) is 5.41 Å². The van der Waals surface area contributed by atoms with Crippen molar-refractivity contribution in [2.45, 2.75) is 13.3 Å². The molecule has 1 saturated heterocycles. The van der Waals surface area contributed by atoms with Crippen molar-refractivity contribution in [1.82, 2.24) is 9.88 Å². The molecule has 1 atom stereocenters. The van der Waals surface area contributed by atoms with Gasteiger partial charge in [0.1, 0.15) is 9.88 Å². The second-order valence-electron chi connectivity index (χ2n) is 7.42. The van der Waals surface area contributed by atoms with E-state index in [0.29, 0.717) is 18.0 Å². The Hall–Kier alpha value is -2.50. The first kappa shape index (κ1) is 17.9. The number of benzene rings is 2. The molecular formula is C22H23N3OS. The van der Waals surface area contributed by atoms with Crippen LogP contribution in [0.3, 0.4) is 0 Å². The number of rotatable bonds is 4. The standard InChI is InChI=1S/C22H23N3OS/c1-22(14-23)12-13-25(15-22)21(26)19-18(16-8-4-2-5-9-16)24-20(27-19)17-10-6-3-7-11-17/h2-11H,12-15,23H2,1H3. The lowest BCUT2D eigenvalue weighted by Gasteiger charge is -2.22. The number of amides is 1. The highest BCUT2D eigenvalue weighted by Gasteiger charge is 2.36. The molecule has 0 spiro atoms. The van der Waals surface area contributed by atoms with Gasteiger partial charge in [-0.1, -0.05) is 67.6 Å². The van der Waals surface area contributed by atoms with E-state index in [9.17, 15) is 4.79 Å². The summed E-state index contributed by atoms with van der Waals surface area (Å²) in [6.07, 6.45) is 0.945. The Balaban J connectivity index is 1.75. The topological polar surface area (TPSA) is 59.2 Å². The van der Waals surface area contributed by atoms with Gasteiger partial charge in [0.15, 0.2) is 0 Å². The molecule has 0 aliphatic carbocycles. The van der Waals surface area contributed by atoms with Gasteiger partial charge in [0, 0.05) is 24.2 Å². The van der Waals surface area contributed by atoms with Gasteiger partial charge in [0.05, 0.1) is 5.69 Å². The van der Waals surface area contributed by atoms with Crippen LogP contribution in [-0.4, -0.2) is 35.4 Å². The monoisotopic (exact) mass is 377 g/mol. The first-order chi connectivity index (χ1) is 13.1. The van der Waals surface area contributed by atoms with Crippen LogP contribution in [0.4, 0.5) is 0 Å². The lowest BCUT2D eigenvalue weighted by atomic mass is 9.90. The van der Waals surface area contributed by atoms with Gasteiger partial charge in [-0.25, -0.2) is 4.98 Å². The molecule has 2 N–H and O–H groups in total. The van der Waals surface area contributed by atoms with Crippen LogP contribution < -0.4 is 5.73 Å². The molecule has 138 valence electrons. The normalized spacial score (nSPS) is 19.4. The first-order valence-electron chi connectivity index (χ1n) is 9.21. The molecule has 4 rings (SSSR count). The summed E-state index contributed by atoms with van der Waals surface area (Å²) in [5.41, 5.74) is 8.71. The van der Waals surface area contributed by atoms with Crippen LogP contribution in [0.15, 0.2) is 60.7 Å². The predicted octanol–water partition coefficient (Wildman–Crippen LogP) is 4.29. The average molecular weight is 378 g/mol. The summed E-state index contributed by atoms with van der Waals surface area (Å²) in [6, 6.07) is 20.0. The Morgan fingerprint density at radius 1 is 1.11 bits per heavy atom. The Bertz CT molecular complexity index is 939. The van der Waals surface area contributed by atoms with E-state index in [1.807, 2.05) is 65.6 Å². The maximum absolute atomic E-state index is 13.3. The number of thiazole rings is 1. The van der Waals surface area contributed by atoms with E-state index in [4.69, 9.17) is 10.7 Å². The van der Waals surface area contributed by atoms with Crippen molar-refractivity contribution in [2.24, 2.45) is 11.1 Å². The van der Waals surface area contributed by atoms with Gasteiger partial charge < -0.3 is 10.6 Å². The van der Waals surface area contributed by atoms with Crippen LogP contribution >= 0.6 is 11.3 Å². The second-order valence-corrected chi connectivity index (χ2v) is 8.42. The Labute approximate surface area is 163 Å². The molecule has 27 heavy (non-hydrogen) atoms. The van der Waals surface area contributed by atoms with E-state index < -0.39 is 0 Å². The molecule has 1 fully saturated rings. The van der Waals surface area contributed by atoms with Crippen LogP contribution in [0.1, 0.15) is 23.0 Å². The van der Waals surface area contributed by atoms with Crippen LogP contribution in [0.5, 0.6) is 0 Å². The summed E-state index contributed by atoms with van der Waals surface area (Å²) in [5, 5.41) is 0.874. The minimum atomic E-state index is 0.00944. The zero-order chi connectivity index (χ0) is 18.9. The summed E-state index contributed by atoms with van der Waals surface area (Å²) >= 11 is 1.48. The molecular weight excluding hydrogens is 354 g/mol. The third kappa shape index (κ3) is 3.53. The molecule has 2 aromatic carbocycles. The van der Waals surface area contributed by atoms with Crippen molar-refractivity contribution in [3.63, 3.8) is 0 Å². The van der Waals surface area contributed by atoms with Crippen molar-refractivity contribution < 1.29 is 4.79 Å². The lowest BCUT2D eigenvalue weighted by Crippen LogP contribution is -2.34.